The molecule has 6 N–H and O–H groups in total. The smallest absolute Gasteiger partial charge is 0.858 e. The van der Waals surface area contributed by atoms with Crippen LogP contribution in [0.25, 0.3) is 21.5 Å². The van der Waals surface area contributed by atoms with Crippen LogP contribution in [0.3, 0.4) is 0 Å². The van der Waals surface area contributed by atoms with E-state index in [-0.39, 0.29) is 249 Å². The van der Waals surface area contributed by atoms with Gasteiger partial charge in [-0.15, -0.1) is 0 Å². The number of amides is 6. The summed E-state index contributed by atoms with van der Waals surface area (Å²) in [5.74, 6) is -3.46. The first kappa shape index (κ1) is 88.4. The molecule has 0 radical (unpaired) electrons. The van der Waals surface area contributed by atoms with Gasteiger partial charge in [0.15, 0.2) is 0 Å². The minimum absolute atomic E-state index is 0. The molecule has 9 rings (SSSR count). The number of hydrogen-bond donors (Lipinski definition) is 6. The van der Waals surface area contributed by atoms with E-state index >= 15 is 0 Å². The third-order valence-electron chi connectivity index (χ3n) is 13.5. The molecular weight excluding hydrogens is 1470 g/mol. The van der Waals surface area contributed by atoms with Crippen LogP contribution in [0.5, 0.6) is 0 Å². The van der Waals surface area contributed by atoms with Crippen molar-refractivity contribution in [1.82, 2.24) is 9.80 Å². The van der Waals surface area contributed by atoms with Crippen LogP contribution in [0.15, 0.2) is 185 Å². The number of nitrogens with zero attached hydrogens (tertiary/aromatic N) is 4. The van der Waals surface area contributed by atoms with Crippen LogP contribution in [0.4, 0.5) is 43.7 Å². The van der Waals surface area contributed by atoms with Gasteiger partial charge in [0.25, 0.3) is 32.1 Å². The summed E-state index contributed by atoms with van der Waals surface area (Å²) in [6, 6.07) is 24.1. The van der Waals surface area contributed by atoms with Gasteiger partial charge in [-0.3, -0.25) is 28.7 Å². The normalized spacial score (nSPS) is 13.0. The molecule has 6 amide bonds. The Labute approximate surface area is 691 Å². The number of urea groups is 2. The summed E-state index contributed by atoms with van der Waals surface area (Å²) >= 11 is 0. The summed E-state index contributed by atoms with van der Waals surface area (Å²) in [6.45, 7) is 0.481. The number of carbonyl (C=O) groups is 4. The maximum atomic E-state index is 13.3. The Kier molecular flexibility index (Phi) is 31.6. The van der Waals surface area contributed by atoms with Crippen molar-refractivity contribution in [3.05, 3.63) is 168 Å². The molecular formula is C54H38N8Na6O24S6. The van der Waals surface area contributed by atoms with Gasteiger partial charge in [0, 0.05) is 81.6 Å². The molecule has 44 heteroatoms. The Bertz CT molecular complexity index is 4890. The number of nitrogens with one attached hydrogen (secondary N) is 4. The molecule has 32 nitrogen and oxygen atoms in total. The van der Waals surface area contributed by atoms with Crippen molar-refractivity contribution in [2.45, 2.75) is 29.4 Å². The van der Waals surface area contributed by atoms with Crippen LogP contribution in [-0.2, 0) is 60.7 Å². The van der Waals surface area contributed by atoms with E-state index < -0.39 is 159 Å². The molecule has 1 saturated heterocycles. The average molecular weight is 1510 g/mol. The van der Waals surface area contributed by atoms with E-state index in [1.165, 1.54) is 107 Å². The average Bonchev–Trinajstić information content (AvgIpc) is 0.747. The molecule has 0 aliphatic carbocycles. The monoisotopic (exact) mass is 1510 g/mol. The largest absolute Gasteiger partial charge is 1.00 e. The summed E-state index contributed by atoms with van der Waals surface area (Å²) in [7, 11) is -32.9. The van der Waals surface area contributed by atoms with Gasteiger partial charge in [0.2, 0.25) is 0 Å². The molecule has 0 bridgehead atoms. The van der Waals surface area contributed by atoms with Crippen molar-refractivity contribution in [2.75, 3.05) is 47.4 Å². The first-order chi connectivity index (χ1) is 42.8. The van der Waals surface area contributed by atoms with Crippen LogP contribution in [0, 0.1) is 0 Å². The second kappa shape index (κ2) is 35.1. The zero-order valence-corrected chi connectivity index (χ0v) is 68.7. The van der Waals surface area contributed by atoms with E-state index in [1.807, 2.05) is 0 Å². The molecule has 8 aromatic carbocycles. The zero-order chi connectivity index (χ0) is 67.2. The molecule has 1 fully saturated rings. The minimum atomic E-state index is -5.50. The Morgan fingerprint density at radius 3 is 0.878 bits per heavy atom. The van der Waals surface area contributed by atoms with Crippen LogP contribution in [0.1, 0.15) is 31.8 Å². The zero-order valence-electron chi connectivity index (χ0n) is 51.8. The molecule has 1 aliphatic heterocycles. The van der Waals surface area contributed by atoms with Crippen LogP contribution >= 0.6 is 0 Å². The third kappa shape index (κ3) is 21.6. The number of rotatable bonds is 16. The number of carbonyl (C=O) groups excluding carboxylic acids is 4. The van der Waals surface area contributed by atoms with Gasteiger partial charge in [-0.1, -0.05) is 24.3 Å². The maximum Gasteiger partial charge on any atom is 1.00 e. The SMILES string of the molecule is O=C(Nc1ccc(C([O-])=Nc2ccc(S(=O)(=O)[O-])c3cc(S(=O)(=O)[O-])cc(S(=O)(=O)O)c23)cc1)c1ccc(NC(=O)N2CCN(C(=O)Nc3ccc(C(=O)Nc4ccc(C([O-])=Nc5ccc(S(=O)(=O)[O-])c6cc(S(=O)(=O)[O-])cc(S(=O)(=O)O)c56)cc4)cc3)CC2)cc1.[Na+].[Na+].[Na+].[Na+].[Na+].[Na+]. The Hall–Kier alpha value is -3.84. The van der Waals surface area contributed by atoms with Gasteiger partial charge in [0.1, 0.15) is 50.3 Å². The Balaban J connectivity index is 0.00000417. The van der Waals surface area contributed by atoms with Crippen molar-refractivity contribution >= 4 is 152 Å². The first-order valence-electron chi connectivity index (χ1n) is 25.5. The summed E-state index contributed by atoms with van der Waals surface area (Å²) in [5, 5.41) is 33.5. The first-order valence-corrected chi connectivity index (χ1v) is 34.0. The molecule has 480 valence electrons. The molecule has 0 spiro atoms. The molecule has 8 aromatic rings. The van der Waals surface area contributed by atoms with E-state index in [9.17, 15) is 107 Å². The van der Waals surface area contributed by atoms with Crippen molar-refractivity contribution in [3.8, 4) is 0 Å². The number of hydrogen-bond acceptors (Lipinski definition) is 24. The summed E-state index contributed by atoms with van der Waals surface area (Å²) in [6.07, 6.45) is 0. The second-order valence-corrected chi connectivity index (χ2v) is 27.7. The van der Waals surface area contributed by atoms with Crippen molar-refractivity contribution in [3.63, 3.8) is 0 Å². The van der Waals surface area contributed by atoms with Crippen LogP contribution in [-0.4, -0.2) is 149 Å². The quantitative estimate of drug-likeness (QED) is 0.0226. The van der Waals surface area contributed by atoms with Gasteiger partial charge in [-0.2, -0.15) is 16.8 Å². The van der Waals surface area contributed by atoms with Gasteiger partial charge in [-0.25, -0.2) is 43.3 Å². The fourth-order valence-corrected chi connectivity index (χ4v) is 13.2. The van der Waals surface area contributed by atoms with Crippen molar-refractivity contribution in [2.24, 2.45) is 9.98 Å². The Morgan fingerprint density at radius 2 is 0.622 bits per heavy atom. The topological polar surface area (TPSA) is 531 Å². The van der Waals surface area contributed by atoms with E-state index in [0.717, 1.165) is 12.1 Å². The van der Waals surface area contributed by atoms with Gasteiger partial charge < -0.3 is 59.5 Å². The standard InChI is InChI=1S/C54H44N8O24S6.6Na/c63-49(55-33-9-1-31(2-10-33)51(65)59-41-17-19-43(89(75,76)77)39-25-37(87(69,70)71)27-45(47(39)41)91(81,82)83)29-5-13-35(14-6-29)57-53(67)61-21-23-62(24-22-61)54(68)58-36-15-7-30(8-16-36)50(64)56-34-11-3-32(4-12-34)52(66)60-42-18-20-44(90(78,79)80)40-26-38(88(72,73)74)28-46(48(40)42)92(84,85)86;;;;;;/h1-20,25-28H,21-24H2,(H,55,63)(H,56,64)(H,57,67)(H,58,68)(H,59,65)(H,60,66)(H,69,70,71)(H,72,73,74)(H,75,76,77)(H,78,79,80)(H,81,82,83)(H,84,85,86);;;;;;/q;6*+1/p-6. The predicted octanol–water partition coefficient (Wildman–Crippen LogP) is -15.1. The summed E-state index contributed by atoms with van der Waals surface area (Å²) < 4.78 is 212. The fourth-order valence-electron chi connectivity index (χ4n) is 9.15. The Morgan fingerprint density at radius 1 is 0.357 bits per heavy atom. The number of anilines is 4. The van der Waals surface area contributed by atoms with E-state index in [4.69, 9.17) is 0 Å². The fraction of sp³-hybridized carbons (Fsp3) is 0.0741. The number of fused-ring (bicyclic) bond motifs is 2. The molecule has 0 unspecified atom stereocenters. The third-order valence-corrected chi connectivity index (χ3v) is 18.7. The van der Waals surface area contributed by atoms with Crippen molar-refractivity contribution in [1.29, 1.82) is 0 Å². The van der Waals surface area contributed by atoms with Crippen molar-refractivity contribution < 1.29 is 285 Å². The molecule has 1 heterocycles. The molecule has 1 aliphatic rings. The summed E-state index contributed by atoms with van der Waals surface area (Å²) in [5.41, 5.74) is -0.474. The maximum absolute atomic E-state index is 13.3. The minimum Gasteiger partial charge on any atom is -0.858 e. The molecule has 0 saturated carbocycles. The predicted molar refractivity (Wildman–Crippen MR) is 315 cm³/mol. The van der Waals surface area contributed by atoms with E-state index in [1.54, 1.807) is 0 Å². The number of aliphatic imine (C=N–C) groups is 2. The number of piperazine rings is 1. The van der Waals surface area contributed by atoms with Gasteiger partial charge in [-0.05, 0) is 144 Å². The van der Waals surface area contributed by atoms with Crippen LogP contribution in [0.2, 0.25) is 0 Å². The molecule has 0 atom stereocenters. The van der Waals surface area contributed by atoms with E-state index in [0.29, 0.717) is 35.6 Å². The summed E-state index contributed by atoms with van der Waals surface area (Å²) in [4.78, 5) is 55.4. The molecule has 0 aromatic heterocycles. The van der Waals surface area contributed by atoms with Crippen LogP contribution < -0.4 is 209 Å². The van der Waals surface area contributed by atoms with Gasteiger partial charge >= 0.3 is 189 Å². The second-order valence-electron chi connectivity index (χ2n) is 19.5. The van der Waals surface area contributed by atoms with Gasteiger partial charge in [0.05, 0.1) is 31.0 Å². The molecule has 98 heavy (non-hydrogen) atoms. The van der Waals surface area contributed by atoms with E-state index in [2.05, 4.69) is 31.3 Å². The number of benzene rings is 8.